The average Bonchev–Trinajstić information content (AvgIpc) is 3.44. The number of nitrogens with zero attached hydrogens (tertiary/aromatic N) is 4. The first-order chi connectivity index (χ1) is 15.8. The van der Waals surface area contributed by atoms with E-state index >= 15 is 0 Å². The molecular formula is C26H29N5O. The van der Waals surface area contributed by atoms with Gasteiger partial charge in [-0.3, -0.25) is 9.89 Å². The topological polar surface area (TPSA) is 66.8 Å². The maximum Gasteiger partial charge on any atom is 0.222 e. The van der Waals surface area contributed by atoms with E-state index in [9.17, 15) is 4.79 Å². The Kier molecular flexibility index (Phi) is 6.01. The van der Waals surface area contributed by atoms with Crippen LogP contribution in [-0.2, 0) is 17.8 Å². The van der Waals surface area contributed by atoms with Crippen LogP contribution in [0.1, 0.15) is 31.2 Å². The van der Waals surface area contributed by atoms with Crippen LogP contribution in [0.3, 0.4) is 0 Å². The minimum absolute atomic E-state index is 0.286. The summed E-state index contributed by atoms with van der Waals surface area (Å²) in [5.41, 5.74) is 5.60. The number of hydrogen-bond acceptors (Lipinski definition) is 3. The van der Waals surface area contributed by atoms with Crippen LogP contribution in [0.5, 0.6) is 0 Å². The molecule has 164 valence electrons. The van der Waals surface area contributed by atoms with Gasteiger partial charge in [0.15, 0.2) is 0 Å². The van der Waals surface area contributed by atoms with Gasteiger partial charge in [0, 0.05) is 37.8 Å². The Morgan fingerprint density at radius 3 is 2.81 bits per heavy atom. The molecule has 32 heavy (non-hydrogen) atoms. The molecule has 1 saturated heterocycles. The molecule has 1 aliphatic heterocycles. The number of nitrogens with one attached hydrogen (secondary N) is 1. The summed E-state index contributed by atoms with van der Waals surface area (Å²) < 4.78 is 2.27. The number of aromatic nitrogens is 4. The first-order valence-corrected chi connectivity index (χ1v) is 11.5. The van der Waals surface area contributed by atoms with E-state index in [0.717, 1.165) is 67.5 Å². The van der Waals surface area contributed by atoms with Crippen molar-refractivity contribution in [1.82, 2.24) is 24.6 Å². The largest absolute Gasteiger partial charge is 0.343 e. The van der Waals surface area contributed by atoms with Gasteiger partial charge in [-0.15, -0.1) is 0 Å². The van der Waals surface area contributed by atoms with E-state index in [1.54, 1.807) is 0 Å². The predicted molar refractivity (Wildman–Crippen MR) is 126 cm³/mol. The predicted octanol–water partition coefficient (Wildman–Crippen LogP) is 4.69. The van der Waals surface area contributed by atoms with Gasteiger partial charge < -0.3 is 9.47 Å². The molecule has 3 heterocycles. The number of carbonyl (C=O) groups is 1. The van der Waals surface area contributed by atoms with Gasteiger partial charge in [0.05, 0.1) is 23.6 Å². The zero-order chi connectivity index (χ0) is 21.8. The van der Waals surface area contributed by atoms with Crippen LogP contribution in [0.4, 0.5) is 0 Å². The Hall–Kier alpha value is -3.41. The number of amides is 1. The molecule has 1 amide bonds. The van der Waals surface area contributed by atoms with Crippen molar-refractivity contribution in [3.63, 3.8) is 0 Å². The lowest BCUT2D eigenvalue weighted by atomic mass is 10.0. The fourth-order valence-corrected chi connectivity index (χ4v) is 4.73. The minimum Gasteiger partial charge on any atom is -0.343 e. The number of hydrogen-bond donors (Lipinski definition) is 1. The van der Waals surface area contributed by atoms with Crippen molar-refractivity contribution >= 4 is 16.9 Å². The van der Waals surface area contributed by atoms with Crippen LogP contribution in [-0.4, -0.2) is 43.6 Å². The third kappa shape index (κ3) is 4.59. The van der Waals surface area contributed by atoms with Gasteiger partial charge in [0.2, 0.25) is 5.91 Å². The van der Waals surface area contributed by atoms with Gasteiger partial charge in [-0.05, 0) is 54.9 Å². The molecule has 6 heteroatoms. The van der Waals surface area contributed by atoms with Crippen molar-refractivity contribution < 1.29 is 4.79 Å². The molecule has 0 bridgehead atoms. The molecule has 4 aromatic rings. The number of likely N-dealkylation sites (tertiary alicyclic amines) is 1. The molecule has 1 N–H and O–H groups in total. The lowest BCUT2D eigenvalue weighted by molar-refractivity contribution is -0.131. The molecule has 0 aliphatic carbocycles. The summed E-state index contributed by atoms with van der Waals surface area (Å²) in [6.45, 7) is 2.69. The van der Waals surface area contributed by atoms with Gasteiger partial charge in [-0.1, -0.05) is 36.4 Å². The summed E-state index contributed by atoms with van der Waals surface area (Å²) in [4.78, 5) is 19.5. The molecule has 0 unspecified atom stereocenters. The van der Waals surface area contributed by atoms with Crippen molar-refractivity contribution in [1.29, 1.82) is 0 Å². The van der Waals surface area contributed by atoms with Crippen LogP contribution < -0.4 is 0 Å². The second-order valence-corrected chi connectivity index (χ2v) is 8.75. The SMILES string of the molecule is O=C(CCc1ccccc1)N1CCC[C@@H](Cn2cnc3cc(-c4cn[nH]c4)ccc32)CC1. The van der Waals surface area contributed by atoms with Crippen LogP contribution in [0.15, 0.2) is 67.3 Å². The second kappa shape index (κ2) is 9.39. The van der Waals surface area contributed by atoms with Crippen LogP contribution in [0.2, 0.25) is 0 Å². The van der Waals surface area contributed by atoms with E-state index in [1.807, 2.05) is 36.9 Å². The van der Waals surface area contributed by atoms with E-state index in [0.29, 0.717) is 12.3 Å². The Bertz CT molecular complexity index is 1170. The molecule has 0 radical (unpaired) electrons. The maximum absolute atomic E-state index is 12.8. The number of benzene rings is 2. The van der Waals surface area contributed by atoms with E-state index in [4.69, 9.17) is 0 Å². The van der Waals surface area contributed by atoms with Crippen molar-refractivity contribution in [3.8, 4) is 11.1 Å². The summed E-state index contributed by atoms with van der Waals surface area (Å²) in [7, 11) is 0. The molecule has 0 spiro atoms. The van der Waals surface area contributed by atoms with Gasteiger partial charge in [-0.25, -0.2) is 4.98 Å². The fourth-order valence-electron chi connectivity index (χ4n) is 4.73. The lowest BCUT2D eigenvalue weighted by Crippen LogP contribution is -2.32. The summed E-state index contributed by atoms with van der Waals surface area (Å²) in [6.07, 6.45) is 10.4. The van der Waals surface area contributed by atoms with Gasteiger partial charge in [0.1, 0.15) is 0 Å². The monoisotopic (exact) mass is 427 g/mol. The zero-order valence-electron chi connectivity index (χ0n) is 18.3. The van der Waals surface area contributed by atoms with Crippen LogP contribution in [0.25, 0.3) is 22.2 Å². The van der Waals surface area contributed by atoms with Crippen molar-refractivity contribution in [2.75, 3.05) is 13.1 Å². The summed E-state index contributed by atoms with van der Waals surface area (Å²) in [6, 6.07) is 16.7. The molecular weight excluding hydrogens is 398 g/mol. The number of aromatic amines is 1. The van der Waals surface area contributed by atoms with Crippen LogP contribution >= 0.6 is 0 Å². The third-order valence-corrected chi connectivity index (χ3v) is 6.58. The molecule has 5 rings (SSSR count). The van der Waals surface area contributed by atoms with Crippen molar-refractivity contribution in [2.24, 2.45) is 5.92 Å². The van der Waals surface area contributed by atoms with Gasteiger partial charge >= 0.3 is 0 Å². The zero-order valence-corrected chi connectivity index (χ0v) is 18.3. The first kappa shape index (κ1) is 20.5. The minimum atomic E-state index is 0.286. The fraction of sp³-hybridized carbons (Fsp3) is 0.346. The highest BCUT2D eigenvalue weighted by Gasteiger charge is 2.21. The smallest absolute Gasteiger partial charge is 0.222 e. The highest BCUT2D eigenvalue weighted by molar-refractivity contribution is 5.81. The van der Waals surface area contributed by atoms with Crippen LogP contribution in [0, 0.1) is 5.92 Å². The second-order valence-electron chi connectivity index (χ2n) is 8.75. The molecule has 6 nitrogen and oxygen atoms in total. The Morgan fingerprint density at radius 2 is 1.97 bits per heavy atom. The number of carbonyl (C=O) groups excluding carboxylic acids is 1. The van der Waals surface area contributed by atoms with E-state index in [-0.39, 0.29) is 5.91 Å². The van der Waals surface area contributed by atoms with E-state index < -0.39 is 0 Å². The molecule has 2 aromatic heterocycles. The number of fused-ring (bicyclic) bond motifs is 1. The summed E-state index contributed by atoms with van der Waals surface area (Å²) in [5.74, 6) is 0.849. The quantitative estimate of drug-likeness (QED) is 0.485. The van der Waals surface area contributed by atoms with E-state index in [1.165, 1.54) is 5.56 Å². The lowest BCUT2D eigenvalue weighted by Gasteiger charge is -2.21. The standard InChI is InChI=1S/C26H29N5O/c32-26(11-8-20-5-2-1-3-6-20)30-13-4-7-21(12-14-30)18-31-19-27-24-15-22(9-10-25(24)31)23-16-28-29-17-23/h1-3,5-6,9-10,15-17,19,21H,4,7-8,11-14,18H2,(H,28,29)/t21-/m1/s1. The molecule has 1 atom stereocenters. The number of imidazole rings is 1. The Balaban J connectivity index is 1.19. The number of rotatable bonds is 6. The van der Waals surface area contributed by atoms with Crippen molar-refractivity contribution in [3.05, 3.63) is 72.8 Å². The average molecular weight is 428 g/mol. The number of H-pyrrole nitrogens is 1. The molecule has 2 aromatic carbocycles. The molecule has 0 saturated carbocycles. The van der Waals surface area contributed by atoms with Gasteiger partial charge in [-0.2, -0.15) is 5.10 Å². The van der Waals surface area contributed by atoms with Crippen molar-refractivity contribution in [2.45, 2.75) is 38.6 Å². The Labute approximate surface area is 188 Å². The normalized spacial score (nSPS) is 16.9. The maximum atomic E-state index is 12.8. The molecule has 1 fully saturated rings. The number of aryl methyl sites for hydroxylation is 1. The Morgan fingerprint density at radius 1 is 1.06 bits per heavy atom. The third-order valence-electron chi connectivity index (χ3n) is 6.58. The first-order valence-electron chi connectivity index (χ1n) is 11.5. The highest BCUT2D eigenvalue weighted by Crippen LogP contribution is 2.26. The van der Waals surface area contributed by atoms with E-state index in [2.05, 4.69) is 55.0 Å². The van der Waals surface area contributed by atoms with Gasteiger partial charge in [0.25, 0.3) is 0 Å². The highest BCUT2D eigenvalue weighted by atomic mass is 16.2. The molecule has 1 aliphatic rings. The summed E-state index contributed by atoms with van der Waals surface area (Å²) in [5, 5.41) is 6.90. The summed E-state index contributed by atoms with van der Waals surface area (Å²) >= 11 is 0.